The van der Waals surface area contributed by atoms with Crippen LogP contribution in [0.5, 0.6) is 0 Å². The molecule has 0 bridgehead atoms. The molecule has 0 N–H and O–H groups in total. The van der Waals surface area contributed by atoms with Crippen LogP contribution < -0.4 is 0 Å². The molecule has 0 atom stereocenters. The predicted molar refractivity (Wildman–Crippen MR) is 75.2 cm³/mol. The van der Waals surface area contributed by atoms with E-state index in [1.54, 1.807) is 36.2 Å². The minimum absolute atomic E-state index is 0.0199. The fourth-order valence-electron chi connectivity index (χ4n) is 1.91. The van der Waals surface area contributed by atoms with Crippen LogP contribution in [0, 0.1) is 0 Å². The lowest BCUT2D eigenvalue weighted by Crippen LogP contribution is -2.34. The number of halogens is 1. The molecule has 1 heterocycles. The molecule has 1 aromatic rings. The number of nitrogens with zero attached hydrogens (tertiary/aromatic N) is 2. The fraction of sp³-hybridized carbons (Fsp3) is 0.417. The van der Waals surface area contributed by atoms with Gasteiger partial charge in [-0.05, 0) is 24.3 Å². The zero-order valence-corrected chi connectivity index (χ0v) is 12.9. The molecule has 2 rings (SSSR count). The van der Waals surface area contributed by atoms with Crippen molar-refractivity contribution in [2.75, 3.05) is 26.7 Å². The molecule has 1 saturated heterocycles. The summed E-state index contributed by atoms with van der Waals surface area (Å²) in [5, 5.41) is 0. The van der Waals surface area contributed by atoms with E-state index in [0.717, 1.165) is 4.47 Å². The zero-order chi connectivity index (χ0) is 14.0. The number of carbonyl (C=O) groups excluding carboxylic acids is 1. The lowest BCUT2D eigenvalue weighted by Gasteiger charge is -2.19. The van der Waals surface area contributed by atoms with Crippen molar-refractivity contribution in [1.29, 1.82) is 0 Å². The molecule has 0 radical (unpaired) electrons. The monoisotopic (exact) mass is 346 g/mol. The molecule has 0 spiro atoms. The van der Waals surface area contributed by atoms with Crippen molar-refractivity contribution >= 4 is 31.9 Å². The van der Waals surface area contributed by atoms with Gasteiger partial charge in [-0.3, -0.25) is 4.79 Å². The summed E-state index contributed by atoms with van der Waals surface area (Å²) in [7, 11) is -1.82. The van der Waals surface area contributed by atoms with Crippen LogP contribution in [0.2, 0.25) is 0 Å². The fourth-order valence-corrected chi connectivity index (χ4v) is 3.60. The Morgan fingerprint density at radius 1 is 1.11 bits per heavy atom. The summed E-state index contributed by atoms with van der Waals surface area (Å²) in [6.45, 7) is 0.997. The SMILES string of the molecule is CN1CCN(S(=O)(=O)c2ccc(Br)cc2)CCC1=O. The maximum atomic E-state index is 12.4. The molecule has 104 valence electrons. The average Bonchev–Trinajstić information content (AvgIpc) is 2.53. The average molecular weight is 347 g/mol. The first-order chi connectivity index (χ1) is 8.91. The van der Waals surface area contributed by atoms with Crippen LogP contribution in [-0.4, -0.2) is 50.2 Å². The minimum atomic E-state index is -3.52. The van der Waals surface area contributed by atoms with Crippen molar-refractivity contribution in [3.63, 3.8) is 0 Å². The van der Waals surface area contributed by atoms with E-state index in [2.05, 4.69) is 15.9 Å². The number of hydrogen-bond donors (Lipinski definition) is 0. The van der Waals surface area contributed by atoms with Crippen LogP contribution in [0.4, 0.5) is 0 Å². The largest absolute Gasteiger partial charge is 0.344 e. The summed E-state index contributed by atoms with van der Waals surface area (Å²) >= 11 is 3.28. The van der Waals surface area contributed by atoms with Crippen molar-refractivity contribution in [2.24, 2.45) is 0 Å². The molecule has 1 aliphatic rings. The van der Waals surface area contributed by atoms with Gasteiger partial charge in [-0.1, -0.05) is 15.9 Å². The van der Waals surface area contributed by atoms with E-state index < -0.39 is 10.0 Å². The molecule has 0 aromatic heterocycles. The van der Waals surface area contributed by atoms with Crippen molar-refractivity contribution in [1.82, 2.24) is 9.21 Å². The van der Waals surface area contributed by atoms with E-state index >= 15 is 0 Å². The zero-order valence-electron chi connectivity index (χ0n) is 10.5. The Bertz CT molecular complexity index is 571. The third-order valence-corrected chi connectivity index (χ3v) is 5.58. The van der Waals surface area contributed by atoms with Crippen molar-refractivity contribution in [2.45, 2.75) is 11.3 Å². The number of benzene rings is 1. The molecule has 1 aromatic carbocycles. The summed E-state index contributed by atoms with van der Waals surface area (Å²) in [6, 6.07) is 6.52. The second-order valence-corrected chi connectivity index (χ2v) is 7.28. The quantitative estimate of drug-likeness (QED) is 0.810. The topological polar surface area (TPSA) is 57.7 Å². The molecule has 7 heteroatoms. The normalized spacial score (nSPS) is 18.4. The Morgan fingerprint density at radius 3 is 2.37 bits per heavy atom. The van der Waals surface area contributed by atoms with Gasteiger partial charge in [0, 0.05) is 37.6 Å². The molecular weight excluding hydrogens is 332 g/mol. The molecule has 19 heavy (non-hydrogen) atoms. The second kappa shape index (κ2) is 5.60. The molecule has 1 fully saturated rings. The highest BCUT2D eigenvalue weighted by atomic mass is 79.9. The third-order valence-electron chi connectivity index (χ3n) is 3.14. The van der Waals surface area contributed by atoms with Gasteiger partial charge >= 0.3 is 0 Å². The van der Waals surface area contributed by atoms with Crippen LogP contribution in [-0.2, 0) is 14.8 Å². The van der Waals surface area contributed by atoms with Gasteiger partial charge in [-0.15, -0.1) is 0 Å². The third kappa shape index (κ3) is 3.16. The van der Waals surface area contributed by atoms with Crippen LogP contribution in [0.1, 0.15) is 6.42 Å². The van der Waals surface area contributed by atoms with E-state index in [0.29, 0.717) is 13.1 Å². The van der Waals surface area contributed by atoms with Gasteiger partial charge in [0.05, 0.1) is 4.90 Å². The number of rotatable bonds is 2. The Balaban J connectivity index is 2.24. The molecule has 0 unspecified atom stereocenters. The predicted octanol–water partition coefficient (Wildman–Crippen LogP) is 1.30. The Morgan fingerprint density at radius 2 is 1.74 bits per heavy atom. The van der Waals surface area contributed by atoms with E-state index in [9.17, 15) is 13.2 Å². The highest BCUT2D eigenvalue weighted by Gasteiger charge is 2.28. The summed E-state index contributed by atoms with van der Waals surface area (Å²) in [5.41, 5.74) is 0. The van der Waals surface area contributed by atoms with E-state index in [4.69, 9.17) is 0 Å². The lowest BCUT2D eigenvalue weighted by atomic mass is 10.4. The summed E-state index contributed by atoms with van der Waals surface area (Å²) < 4.78 is 27.1. The van der Waals surface area contributed by atoms with Gasteiger partial charge in [0.25, 0.3) is 0 Å². The van der Waals surface area contributed by atoms with Gasteiger partial charge < -0.3 is 4.90 Å². The highest BCUT2D eigenvalue weighted by Crippen LogP contribution is 2.20. The van der Waals surface area contributed by atoms with Crippen molar-refractivity contribution in [3.05, 3.63) is 28.7 Å². The molecule has 1 amide bonds. The number of amides is 1. The van der Waals surface area contributed by atoms with E-state index in [1.165, 1.54) is 4.31 Å². The van der Waals surface area contributed by atoms with Gasteiger partial charge in [0.2, 0.25) is 15.9 Å². The molecule has 0 saturated carbocycles. The van der Waals surface area contributed by atoms with Gasteiger partial charge in [-0.2, -0.15) is 4.31 Å². The first-order valence-corrected chi connectivity index (χ1v) is 8.14. The van der Waals surface area contributed by atoms with Gasteiger partial charge in [-0.25, -0.2) is 8.42 Å². The molecular formula is C12H15BrN2O3S. The minimum Gasteiger partial charge on any atom is -0.344 e. The van der Waals surface area contributed by atoms with E-state index in [-0.39, 0.29) is 23.8 Å². The maximum Gasteiger partial charge on any atom is 0.243 e. The van der Waals surface area contributed by atoms with Crippen molar-refractivity contribution < 1.29 is 13.2 Å². The molecule has 1 aliphatic heterocycles. The second-order valence-electron chi connectivity index (χ2n) is 4.42. The van der Waals surface area contributed by atoms with E-state index in [1.807, 2.05) is 0 Å². The van der Waals surface area contributed by atoms with Gasteiger partial charge in [0.1, 0.15) is 0 Å². The first kappa shape index (κ1) is 14.5. The summed E-state index contributed by atoms with van der Waals surface area (Å²) in [6.07, 6.45) is 0.228. The smallest absolute Gasteiger partial charge is 0.243 e. The van der Waals surface area contributed by atoms with Crippen LogP contribution in [0.15, 0.2) is 33.6 Å². The Hall–Kier alpha value is -0.920. The standard InChI is InChI=1S/C12H15BrN2O3S/c1-14-8-9-15(7-6-12(14)16)19(17,18)11-4-2-10(13)3-5-11/h2-5H,6-9H2,1H3. The van der Waals surface area contributed by atoms with Crippen molar-refractivity contribution in [3.8, 4) is 0 Å². The van der Waals surface area contributed by atoms with Crippen LogP contribution in [0.25, 0.3) is 0 Å². The Kier molecular flexibility index (Phi) is 4.27. The maximum absolute atomic E-state index is 12.4. The number of likely N-dealkylation sites (N-methyl/N-ethyl adjacent to an activating group) is 1. The van der Waals surface area contributed by atoms with Crippen LogP contribution >= 0.6 is 15.9 Å². The number of carbonyl (C=O) groups is 1. The molecule has 0 aliphatic carbocycles. The lowest BCUT2D eigenvalue weighted by molar-refractivity contribution is -0.129. The molecule has 5 nitrogen and oxygen atoms in total. The number of hydrogen-bond acceptors (Lipinski definition) is 3. The Labute approximate surface area is 121 Å². The number of sulfonamides is 1. The van der Waals surface area contributed by atoms with Crippen LogP contribution in [0.3, 0.4) is 0 Å². The summed E-state index contributed by atoms with van der Waals surface area (Å²) in [4.78, 5) is 13.4. The highest BCUT2D eigenvalue weighted by molar-refractivity contribution is 9.10. The summed E-state index contributed by atoms with van der Waals surface area (Å²) in [5.74, 6) is -0.0199. The first-order valence-electron chi connectivity index (χ1n) is 5.91. The van der Waals surface area contributed by atoms with Gasteiger partial charge in [0.15, 0.2) is 0 Å².